The van der Waals surface area contributed by atoms with E-state index < -0.39 is 0 Å². The second kappa shape index (κ2) is 5.60. The molecule has 2 aromatic heterocycles. The topological polar surface area (TPSA) is 56.7 Å². The number of aromatic nitrogens is 4. The minimum atomic E-state index is 0.325. The van der Waals surface area contributed by atoms with Crippen LogP contribution < -0.4 is 0 Å². The van der Waals surface area contributed by atoms with E-state index in [1.54, 1.807) is 0 Å². The van der Waals surface area contributed by atoms with Crippen molar-refractivity contribution in [3.8, 4) is 22.8 Å². The molecule has 0 saturated carbocycles. The molecule has 4 rings (SSSR count). The molecule has 0 spiro atoms. The number of hydrogen-bond acceptors (Lipinski definition) is 4. The van der Waals surface area contributed by atoms with E-state index in [4.69, 9.17) is 4.52 Å². The highest BCUT2D eigenvalue weighted by Crippen LogP contribution is 2.27. The average molecular weight is 318 g/mol. The lowest BCUT2D eigenvalue weighted by molar-refractivity contribution is 0.432. The van der Waals surface area contributed by atoms with Crippen molar-refractivity contribution in [3.63, 3.8) is 0 Å². The Hall–Kier alpha value is -2.95. The molecular weight excluding hydrogens is 300 g/mol. The van der Waals surface area contributed by atoms with Gasteiger partial charge in [0.15, 0.2) is 0 Å². The quantitative estimate of drug-likeness (QED) is 0.552. The van der Waals surface area contributed by atoms with Gasteiger partial charge < -0.3 is 4.52 Å². The monoisotopic (exact) mass is 318 g/mol. The van der Waals surface area contributed by atoms with Gasteiger partial charge in [-0.25, -0.2) is 0 Å². The summed E-state index contributed by atoms with van der Waals surface area (Å²) < 4.78 is 7.47. The summed E-state index contributed by atoms with van der Waals surface area (Å²) in [7, 11) is 0. The van der Waals surface area contributed by atoms with E-state index in [0.717, 1.165) is 27.6 Å². The molecule has 0 amide bonds. The number of hydrogen-bond donors (Lipinski definition) is 0. The molecule has 0 aliphatic rings. The Morgan fingerprint density at radius 3 is 2.71 bits per heavy atom. The zero-order valence-electron chi connectivity index (χ0n) is 13.9. The maximum atomic E-state index is 5.46. The van der Waals surface area contributed by atoms with Crippen LogP contribution in [0.25, 0.3) is 33.7 Å². The van der Waals surface area contributed by atoms with Gasteiger partial charge in [0.2, 0.25) is 5.82 Å². The first-order valence-corrected chi connectivity index (χ1v) is 8.01. The Labute approximate surface area is 139 Å². The Morgan fingerprint density at radius 1 is 1.08 bits per heavy atom. The second-order valence-electron chi connectivity index (χ2n) is 6.19. The largest absolute Gasteiger partial charge is 0.334 e. The number of aryl methyl sites for hydroxylation is 1. The molecule has 0 atom stereocenters. The first-order valence-electron chi connectivity index (χ1n) is 8.01. The van der Waals surface area contributed by atoms with E-state index in [9.17, 15) is 0 Å². The van der Waals surface area contributed by atoms with Gasteiger partial charge in [-0.3, -0.25) is 4.68 Å². The standard InChI is InChI=1S/C19H18N4O/c1-12(2)23-17-9-8-14(10-15(17)11-20-23)18-21-19(24-22-18)16-7-5-4-6-13(16)3/h4-12H,1-3H3. The number of rotatable bonds is 3. The van der Waals surface area contributed by atoms with Crippen molar-refractivity contribution in [2.75, 3.05) is 0 Å². The third-order valence-electron chi connectivity index (χ3n) is 4.14. The maximum Gasteiger partial charge on any atom is 0.258 e. The van der Waals surface area contributed by atoms with Crippen molar-refractivity contribution in [1.29, 1.82) is 0 Å². The fourth-order valence-electron chi connectivity index (χ4n) is 2.87. The van der Waals surface area contributed by atoms with E-state index >= 15 is 0 Å². The molecule has 5 heteroatoms. The van der Waals surface area contributed by atoms with E-state index in [0.29, 0.717) is 17.8 Å². The van der Waals surface area contributed by atoms with Crippen LogP contribution in [0, 0.1) is 6.92 Å². The zero-order valence-corrected chi connectivity index (χ0v) is 13.9. The molecular formula is C19H18N4O. The zero-order chi connectivity index (χ0) is 16.7. The summed E-state index contributed by atoms with van der Waals surface area (Å²) in [4.78, 5) is 4.56. The fourth-order valence-corrected chi connectivity index (χ4v) is 2.87. The minimum absolute atomic E-state index is 0.325. The van der Waals surface area contributed by atoms with Crippen molar-refractivity contribution in [3.05, 3.63) is 54.2 Å². The molecule has 0 radical (unpaired) electrons. The van der Waals surface area contributed by atoms with Crippen LogP contribution in [0.4, 0.5) is 0 Å². The maximum absolute atomic E-state index is 5.46. The summed E-state index contributed by atoms with van der Waals surface area (Å²) in [6, 6.07) is 14.4. The van der Waals surface area contributed by atoms with Gasteiger partial charge in [-0.05, 0) is 50.6 Å². The highest BCUT2D eigenvalue weighted by Gasteiger charge is 2.14. The second-order valence-corrected chi connectivity index (χ2v) is 6.19. The molecule has 0 aliphatic carbocycles. The molecule has 0 bridgehead atoms. The first kappa shape index (κ1) is 14.6. The van der Waals surface area contributed by atoms with Crippen LogP contribution >= 0.6 is 0 Å². The van der Waals surface area contributed by atoms with Crippen molar-refractivity contribution < 1.29 is 4.52 Å². The minimum Gasteiger partial charge on any atom is -0.334 e. The molecule has 120 valence electrons. The van der Waals surface area contributed by atoms with Gasteiger partial charge in [0.1, 0.15) is 0 Å². The van der Waals surface area contributed by atoms with E-state index in [2.05, 4.69) is 35.2 Å². The summed E-state index contributed by atoms with van der Waals surface area (Å²) in [6.07, 6.45) is 1.88. The summed E-state index contributed by atoms with van der Waals surface area (Å²) in [5.74, 6) is 1.13. The normalized spacial score (nSPS) is 11.5. The van der Waals surface area contributed by atoms with Crippen LogP contribution in [-0.4, -0.2) is 19.9 Å². The van der Waals surface area contributed by atoms with Gasteiger partial charge in [-0.1, -0.05) is 23.4 Å². The van der Waals surface area contributed by atoms with E-state index in [1.165, 1.54) is 0 Å². The molecule has 0 saturated heterocycles. The lowest BCUT2D eigenvalue weighted by Gasteiger charge is -2.06. The molecule has 4 aromatic rings. The highest BCUT2D eigenvalue weighted by atomic mass is 16.5. The summed E-state index contributed by atoms with van der Waals surface area (Å²) in [5.41, 5.74) is 4.11. The van der Waals surface area contributed by atoms with Crippen LogP contribution in [0.2, 0.25) is 0 Å². The molecule has 0 unspecified atom stereocenters. The Bertz CT molecular complexity index is 1010. The SMILES string of the molecule is Cc1ccccc1-c1nc(-c2ccc3c(cnn3C(C)C)c2)no1. The predicted molar refractivity (Wildman–Crippen MR) is 93.6 cm³/mol. The van der Waals surface area contributed by atoms with Gasteiger partial charge in [0, 0.05) is 22.6 Å². The van der Waals surface area contributed by atoms with Crippen molar-refractivity contribution in [2.24, 2.45) is 0 Å². The molecule has 0 N–H and O–H groups in total. The average Bonchev–Trinajstić information content (AvgIpc) is 3.21. The third-order valence-corrected chi connectivity index (χ3v) is 4.14. The Balaban J connectivity index is 1.75. The lowest BCUT2D eigenvalue weighted by atomic mass is 10.1. The van der Waals surface area contributed by atoms with E-state index in [-0.39, 0.29) is 0 Å². The van der Waals surface area contributed by atoms with Crippen molar-refractivity contribution in [1.82, 2.24) is 19.9 Å². The van der Waals surface area contributed by atoms with Gasteiger partial charge in [-0.15, -0.1) is 0 Å². The Morgan fingerprint density at radius 2 is 1.92 bits per heavy atom. The summed E-state index contributed by atoms with van der Waals surface area (Å²) in [6.45, 7) is 6.27. The van der Waals surface area contributed by atoms with Crippen LogP contribution in [0.5, 0.6) is 0 Å². The fraction of sp³-hybridized carbons (Fsp3) is 0.211. The Kier molecular flexibility index (Phi) is 3.41. The van der Waals surface area contributed by atoms with Gasteiger partial charge in [-0.2, -0.15) is 10.1 Å². The highest BCUT2D eigenvalue weighted by molar-refractivity contribution is 5.83. The lowest BCUT2D eigenvalue weighted by Crippen LogP contribution is -2.01. The van der Waals surface area contributed by atoms with E-state index in [1.807, 2.05) is 54.2 Å². The number of nitrogens with zero attached hydrogens (tertiary/aromatic N) is 4. The van der Waals surface area contributed by atoms with Gasteiger partial charge >= 0.3 is 0 Å². The molecule has 5 nitrogen and oxygen atoms in total. The first-order chi connectivity index (χ1) is 11.6. The van der Waals surface area contributed by atoms with Crippen LogP contribution in [-0.2, 0) is 0 Å². The molecule has 2 heterocycles. The molecule has 0 aliphatic heterocycles. The predicted octanol–water partition coefficient (Wildman–Crippen LogP) is 4.64. The van der Waals surface area contributed by atoms with Crippen LogP contribution in [0.15, 0.2) is 53.2 Å². The van der Waals surface area contributed by atoms with Gasteiger partial charge in [0.25, 0.3) is 5.89 Å². The third kappa shape index (κ3) is 2.38. The van der Waals surface area contributed by atoms with Crippen LogP contribution in [0.1, 0.15) is 25.5 Å². The smallest absolute Gasteiger partial charge is 0.258 e. The number of fused-ring (bicyclic) bond motifs is 1. The molecule has 2 aromatic carbocycles. The van der Waals surface area contributed by atoms with Gasteiger partial charge in [0.05, 0.1) is 11.7 Å². The van der Waals surface area contributed by atoms with Crippen molar-refractivity contribution in [2.45, 2.75) is 26.8 Å². The summed E-state index contributed by atoms with van der Waals surface area (Å²) >= 11 is 0. The number of benzene rings is 2. The molecule has 0 fully saturated rings. The van der Waals surface area contributed by atoms with Crippen molar-refractivity contribution >= 4 is 10.9 Å². The molecule has 24 heavy (non-hydrogen) atoms. The van der Waals surface area contributed by atoms with Crippen LogP contribution in [0.3, 0.4) is 0 Å². The summed E-state index contributed by atoms with van der Waals surface area (Å²) in [5, 5.41) is 9.66.